The van der Waals surface area contributed by atoms with E-state index in [-0.39, 0.29) is 39.8 Å². The SMILES string of the molecule is [CH2-]C.[CH2-]C.[H-].[Li+].[Zn].c1ccc([N-]c2ccccc2)cc1. The summed E-state index contributed by atoms with van der Waals surface area (Å²) in [4.78, 5) is 0. The van der Waals surface area contributed by atoms with Crippen molar-refractivity contribution >= 4 is 11.4 Å². The zero-order valence-corrected chi connectivity index (χ0v) is 15.3. The summed E-state index contributed by atoms with van der Waals surface area (Å²) in [7, 11) is 0. The number of benzene rings is 2. The third kappa shape index (κ3) is 11.0. The van der Waals surface area contributed by atoms with Crippen LogP contribution in [0.15, 0.2) is 60.7 Å². The second kappa shape index (κ2) is 17.5. The standard InChI is InChI=1S/C12H10N.2C2H5.Li.Zn.H/c1-3-7-11(8-4-1)13-12-9-5-2-6-10-12;2*1-2;;;/h1-10H;2*1H2,2H3;;;/q3*-1;+1;;-1. The van der Waals surface area contributed by atoms with Crippen LogP contribution in [0.1, 0.15) is 15.3 Å². The summed E-state index contributed by atoms with van der Waals surface area (Å²) in [6, 6.07) is 19.9. The molecule has 96 valence electrons. The van der Waals surface area contributed by atoms with Crippen molar-refractivity contribution in [1.29, 1.82) is 0 Å². The van der Waals surface area contributed by atoms with Crippen LogP contribution in [0.4, 0.5) is 11.4 Å². The van der Waals surface area contributed by atoms with Gasteiger partial charge in [-0.1, -0.05) is 60.7 Å². The molecule has 0 radical (unpaired) electrons. The molecule has 2 aromatic rings. The molecular formula is C16H21LiNZn-3. The van der Waals surface area contributed by atoms with Gasteiger partial charge in [0, 0.05) is 19.5 Å². The van der Waals surface area contributed by atoms with Crippen LogP contribution < -0.4 is 18.9 Å². The number of nitrogens with zero attached hydrogens (tertiary/aromatic N) is 1. The number of hydrogen-bond acceptors (Lipinski definition) is 0. The minimum absolute atomic E-state index is 0. The summed E-state index contributed by atoms with van der Waals surface area (Å²) in [6.07, 6.45) is 0. The van der Waals surface area contributed by atoms with Crippen molar-refractivity contribution in [2.45, 2.75) is 13.8 Å². The zero-order valence-electron chi connectivity index (χ0n) is 13.3. The largest absolute Gasteiger partial charge is 1.00 e. The molecule has 2 aromatic carbocycles. The van der Waals surface area contributed by atoms with Crippen molar-refractivity contribution < 1.29 is 39.8 Å². The molecule has 0 N–H and O–H groups in total. The fourth-order valence-electron chi connectivity index (χ4n) is 1.15. The van der Waals surface area contributed by atoms with E-state index in [0.29, 0.717) is 0 Å². The minimum atomic E-state index is 0. The van der Waals surface area contributed by atoms with Crippen molar-refractivity contribution in [2.24, 2.45) is 0 Å². The van der Waals surface area contributed by atoms with Crippen molar-refractivity contribution in [3.63, 3.8) is 0 Å². The molecule has 0 aliphatic carbocycles. The Hall–Kier alpha value is -0.539. The van der Waals surface area contributed by atoms with Crippen LogP contribution >= 0.6 is 0 Å². The van der Waals surface area contributed by atoms with Crippen LogP contribution in [-0.2, 0) is 19.5 Å². The Morgan fingerprint density at radius 1 is 0.684 bits per heavy atom. The Kier molecular flexibility index (Phi) is 21.6. The summed E-state index contributed by atoms with van der Waals surface area (Å²) in [5.74, 6) is 0. The molecule has 2 rings (SSSR count). The number of hydrogen-bond donors (Lipinski definition) is 0. The summed E-state index contributed by atoms with van der Waals surface area (Å²) >= 11 is 0. The average molecular weight is 300 g/mol. The van der Waals surface area contributed by atoms with Crippen LogP contribution in [0, 0.1) is 13.8 Å². The molecule has 0 aliphatic rings. The first-order valence-electron chi connectivity index (χ1n) is 5.68. The molecule has 0 amide bonds. The molecule has 0 unspecified atom stereocenters. The molecule has 19 heavy (non-hydrogen) atoms. The molecule has 0 heterocycles. The normalized spacial score (nSPS) is 7.16. The van der Waals surface area contributed by atoms with Gasteiger partial charge in [0.15, 0.2) is 0 Å². The van der Waals surface area contributed by atoms with E-state index in [1.54, 1.807) is 13.8 Å². The van der Waals surface area contributed by atoms with Crippen LogP contribution in [0.5, 0.6) is 0 Å². The first kappa shape index (κ1) is 23.5. The third-order valence-electron chi connectivity index (χ3n) is 1.77. The number of rotatable bonds is 2. The molecule has 0 fully saturated rings. The van der Waals surface area contributed by atoms with Crippen molar-refractivity contribution in [3.8, 4) is 0 Å². The van der Waals surface area contributed by atoms with Crippen molar-refractivity contribution in [2.75, 3.05) is 0 Å². The Balaban J connectivity index is -0.000000169. The van der Waals surface area contributed by atoms with Crippen LogP contribution in [-0.4, -0.2) is 0 Å². The van der Waals surface area contributed by atoms with Gasteiger partial charge in [0.25, 0.3) is 0 Å². The molecule has 0 atom stereocenters. The van der Waals surface area contributed by atoms with Crippen molar-refractivity contribution in [1.82, 2.24) is 0 Å². The predicted octanol–water partition coefficient (Wildman–Crippen LogP) is 2.82. The van der Waals surface area contributed by atoms with Gasteiger partial charge in [0.1, 0.15) is 0 Å². The van der Waals surface area contributed by atoms with E-state index < -0.39 is 0 Å². The zero-order chi connectivity index (χ0) is 12.9. The van der Waals surface area contributed by atoms with E-state index in [9.17, 15) is 0 Å². The van der Waals surface area contributed by atoms with Crippen LogP contribution in [0.2, 0.25) is 0 Å². The molecular weight excluding hydrogens is 279 g/mol. The smallest absolute Gasteiger partial charge is 1.00 e. The van der Waals surface area contributed by atoms with Crippen LogP contribution in [0.25, 0.3) is 5.32 Å². The Bertz CT molecular complexity index is 333. The summed E-state index contributed by atoms with van der Waals surface area (Å²) in [5, 5.41) is 4.44. The maximum Gasteiger partial charge on any atom is 1.00 e. The van der Waals surface area contributed by atoms with Gasteiger partial charge in [-0.05, 0) is 0 Å². The minimum Gasteiger partial charge on any atom is -1.00 e. The van der Waals surface area contributed by atoms with Gasteiger partial charge >= 0.3 is 18.9 Å². The molecule has 0 saturated heterocycles. The molecule has 0 spiro atoms. The fraction of sp³-hybridized carbons (Fsp3) is 0.125. The molecule has 3 heteroatoms. The molecule has 0 aliphatic heterocycles. The fourth-order valence-corrected chi connectivity index (χ4v) is 1.15. The molecule has 0 aromatic heterocycles. The van der Waals surface area contributed by atoms with Gasteiger partial charge in [-0.25, -0.2) is 0 Å². The van der Waals surface area contributed by atoms with Crippen LogP contribution in [0.3, 0.4) is 0 Å². The maximum absolute atomic E-state index is 4.44. The van der Waals surface area contributed by atoms with E-state index in [0.717, 1.165) is 11.4 Å². The number of para-hydroxylation sites is 2. The topological polar surface area (TPSA) is 14.1 Å². The third-order valence-corrected chi connectivity index (χ3v) is 1.77. The van der Waals surface area contributed by atoms with Gasteiger partial charge in [-0.2, -0.15) is 13.8 Å². The molecule has 1 nitrogen and oxygen atoms in total. The van der Waals surface area contributed by atoms with Gasteiger partial charge < -0.3 is 20.6 Å². The van der Waals surface area contributed by atoms with E-state index in [4.69, 9.17) is 0 Å². The van der Waals surface area contributed by atoms with E-state index in [1.807, 2.05) is 60.7 Å². The molecule has 0 saturated carbocycles. The quantitative estimate of drug-likeness (QED) is 0.598. The maximum atomic E-state index is 4.44. The average Bonchev–Trinajstić information content (AvgIpc) is 2.45. The van der Waals surface area contributed by atoms with Crippen molar-refractivity contribution in [3.05, 3.63) is 79.8 Å². The first-order valence-corrected chi connectivity index (χ1v) is 5.68. The monoisotopic (exact) mass is 298 g/mol. The second-order valence-corrected chi connectivity index (χ2v) is 2.78. The first-order chi connectivity index (χ1) is 8.45. The van der Waals surface area contributed by atoms with Gasteiger partial charge in [-0.3, -0.25) is 0 Å². The predicted molar refractivity (Wildman–Crippen MR) is 78.7 cm³/mol. The van der Waals surface area contributed by atoms with E-state index in [1.165, 1.54) is 0 Å². The summed E-state index contributed by atoms with van der Waals surface area (Å²) in [6.45, 7) is 10.0. The molecule has 0 bridgehead atoms. The van der Waals surface area contributed by atoms with Gasteiger partial charge in [0.2, 0.25) is 0 Å². The van der Waals surface area contributed by atoms with Gasteiger partial charge in [-0.15, -0.1) is 11.4 Å². The second-order valence-electron chi connectivity index (χ2n) is 2.78. The van der Waals surface area contributed by atoms with Gasteiger partial charge in [0.05, 0.1) is 0 Å². The van der Waals surface area contributed by atoms with E-state index in [2.05, 4.69) is 19.2 Å². The summed E-state index contributed by atoms with van der Waals surface area (Å²) < 4.78 is 0. The summed E-state index contributed by atoms with van der Waals surface area (Å²) in [5.41, 5.74) is 1.99. The van der Waals surface area contributed by atoms with E-state index >= 15 is 0 Å². The Labute approximate surface area is 144 Å². The Morgan fingerprint density at radius 2 is 0.947 bits per heavy atom. The Morgan fingerprint density at radius 3 is 1.21 bits per heavy atom.